The molecule has 0 saturated carbocycles. The molecule has 2 rings (SSSR count). The molecule has 0 amide bonds. The number of rotatable bonds is 2. The minimum absolute atomic E-state index is 0.771. The molecule has 1 saturated heterocycles. The van der Waals surface area contributed by atoms with E-state index in [0.29, 0.717) is 0 Å². The van der Waals surface area contributed by atoms with Crippen molar-refractivity contribution in [2.24, 2.45) is 0 Å². The molecule has 2 nitrogen and oxygen atoms in total. The summed E-state index contributed by atoms with van der Waals surface area (Å²) < 4.78 is 0. The topological polar surface area (TPSA) is 16.1 Å². The third kappa shape index (κ3) is 2.45. The highest BCUT2D eigenvalue weighted by Crippen LogP contribution is 2.28. The molecule has 0 spiro atoms. The predicted octanol–water partition coefficient (Wildman–Crippen LogP) is 1.88. The van der Waals surface area contributed by atoms with Gasteiger partial charge in [0.15, 0.2) is 0 Å². The van der Waals surface area contributed by atoms with Gasteiger partial charge in [-0.05, 0) is 32.1 Å². The van der Waals surface area contributed by atoms with Gasteiger partial charge in [-0.15, -0.1) is 11.8 Å². The molecule has 0 aliphatic carbocycles. The number of aromatic nitrogens is 1. The molecule has 13 heavy (non-hydrogen) atoms. The van der Waals surface area contributed by atoms with Gasteiger partial charge < -0.3 is 4.90 Å². The van der Waals surface area contributed by atoms with Crippen molar-refractivity contribution in [3.63, 3.8) is 0 Å². The Bertz CT molecular complexity index is 263. The Morgan fingerprint density at radius 1 is 1.46 bits per heavy atom. The summed E-state index contributed by atoms with van der Waals surface area (Å²) in [6.07, 6.45) is 5.03. The maximum Gasteiger partial charge on any atom is 0.0278 e. The van der Waals surface area contributed by atoms with Gasteiger partial charge in [0.25, 0.3) is 0 Å². The first-order chi connectivity index (χ1) is 6.34. The summed E-state index contributed by atoms with van der Waals surface area (Å²) in [6, 6.07) is 4.17. The van der Waals surface area contributed by atoms with Crippen molar-refractivity contribution in [1.82, 2.24) is 9.88 Å². The Balaban J connectivity index is 1.92. The summed E-state index contributed by atoms with van der Waals surface area (Å²) in [6.45, 7) is 2.45. The van der Waals surface area contributed by atoms with Gasteiger partial charge in [0, 0.05) is 29.1 Å². The standard InChI is InChI=1S/C10H14N2S/c1-12-7-4-10(8-12)13-9-2-5-11-6-3-9/h2-3,5-6,10H,4,7-8H2,1H3. The zero-order valence-corrected chi connectivity index (χ0v) is 8.63. The van der Waals surface area contributed by atoms with Crippen LogP contribution in [0.2, 0.25) is 0 Å². The Hall–Kier alpha value is -0.540. The maximum absolute atomic E-state index is 4.01. The Labute approximate surface area is 83.4 Å². The number of hydrogen-bond donors (Lipinski definition) is 0. The van der Waals surface area contributed by atoms with Gasteiger partial charge in [0.05, 0.1) is 0 Å². The summed E-state index contributed by atoms with van der Waals surface area (Å²) >= 11 is 1.97. The third-order valence-electron chi connectivity index (χ3n) is 2.30. The number of nitrogens with zero attached hydrogens (tertiary/aromatic N) is 2. The molecule has 1 fully saturated rings. The molecule has 1 unspecified atom stereocenters. The van der Waals surface area contributed by atoms with E-state index >= 15 is 0 Å². The second kappa shape index (κ2) is 4.11. The molecule has 3 heteroatoms. The van der Waals surface area contributed by atoms with Crippen LogP contribution in [0.4, 0.5) is 0 Å². The van der Waals surface area contributed by atoms with Crippen molar-refractivity contribution < 1.29 is 0 Å². The second-order valence-corrected chi connectivity index (χ2v) is 4.85. The average molecular weight is 194 g/mol. The molecule has 1 aromatic rings. The fourth-order valence-corrected chi connectivity index (χ4v) is 2.82. The van der Waals surface area contributed by atoms with Crippen LogP contribution in [0.3, 0.4) is 0 Å². The number of thioether (sulfide) groups is 1. The van der Waals surface area contributed by atoms with Crippen molar-refractivity contribution in [3.8, 4) is 0 Å². The number of pyridine rings is 1. The van der Waals surface area contributed by atoms with Gasteiger partial charge in [-0.25, -0.2) is 0 Å². The molecular formula is C10H14N2S. The van der Waals surface area contributed by atoms with Crippen molar-refractivity contribution >= 4 is 11.8 Å². The van der Waals surface area contributed by atoms with Crippen LogP contribution in [0.5, 0.6) is 0 Å². The summed E-state index contributed by atoms with van der Waals surface area (Å²) in [7, 11) is 2.19. The highest BCUT2D eigenvalue weighted by atomic mass is 32.2. The summed E-state index contributed by atoms with van der Waals surface area (Å²) in [4.78, 5) is 7.74. The molecule has 0 N–H and O–H groups in total. The van der Waals surface area contributed by atoms with Crippen LogP contribution in [0.15, 0.2) is 29.4 Å². The first kappa shape index (κ1) is 9.03. The van der Waals surface area contributed by atoms with E-state index in [4.69, 9.17) is 0 Å². The van der Waals surface area contributed by atoms with Crippen molar-refractivity contribution in [2.45, 2.75) is 16.6 Å². The lowest BCUT2D eigenvalue weighted by Gasteiger charge is -2.09. The lowest BCUT2D eigenvalue weighted by Crippen LogP contribution is -2.14. The van der Waals surface area contributed by atoms with E-state index < -0.39 is 0 Å². The Morgan fingerprint density at radius 3 is 2.85 bits per heavy atom. The summed E-state index contributed by atoms with van der Waals surface area (Å²) in [5.41, 5.74) is 0. The highest BCUT2D eigenvalue weighted by Gasteiger charge is 2.19. The molecule has 0 bridgehead atoms. The van der Waals surface area contributed by atoms with Gasteiger partial charge in [-0.2, -0.15) is 0 Å². The van der Waals surface area contributed by atoms with E-state index in [9.17, 15) is 0 Å². The number of hydrogen-bond acceptors (Lipinski definition) is 3. The molecule has 70 valence electrons. The molecule has 0 aromatic carbocycles. The molecule has 1 atom stereocenters. The SMILES string of the molecule is CN1CCC(Sc2ccncc2)C1. The smallest absolute Gasteiger partial charge is 0.0278 e. The minimum Gasteiger partial charge on any atom is -0.305 e. The van der Waals surface area contributed by atoms with E-state index in [2.05, 4.69) is 29.1 Å². The van der Waals surface area contributed by atoms with E-state index in [0.717, 1.165) is 5.25 Å². The van der Waals surface area contributed by atoms with Gasteiger partial charge in [-0.3, -0.25) is 4.98 Å². The minimum atomic E-state index is 0.771. The van der Waals surface area contributed by atoms with Crippen LogP contribution in [-0.2, 0) is 0 Å². The zero-order chi connectivity index (χ0) is 9.10. The maximum atomic E-state index is 4.01. The molecule has 1 aromatic heterocycles. The highest BCUT2D eigenvalue weighted by molar-refractivity contribution is 8.00. The number of likely N-dealkylation sites (tertiary alicyclic amines) is 1. The lowest BCUT2D eigenvalue weighted by molar-refractivity contribution is 0.419. The third-order valence-corrected chi connectivity index (χ3v) is 3.56. The monoisotopic (exact) mass is 194 g/mol. The van der Waals surface area contributed by atoms with E-state index in [1.165, 1.54) is 24.4 Å². The van der Waals surface area contributed by atoms with Gasteiger partial charge in [0.2, 0.25) is 0 Å². The van der Waals surface area contributed by atoms with E-state index in [-0.39, 0.29) is 0 Å². The molecule has 1 aliphatic rings. The van der Waals surface area contributed by atoms with Crippen LogP contribution in [0.1, 0.15) is 6.42 Å². The molecular weight excluding hydrogens is 180 g/mol. The normalized spacial score (nSPS) is 23.6. The van der Waals surface area contributed by atoms with Crippen LogP contribution in [0.25, 0.3) is 0 Å². The Morgan fingerprint density at radius 2 is 2.23 bits per heavy atom. The summed E-state index contributed by atoms with van der Waals surface area (Å²) in [5.74, 6) is 0. The van der Waals surface area contributed by atoms with Crippen molar-refractivity contribution in [3.05, 3.63) is 24.5 Å². The molecule has 2 heterocycles. The van der Waals surface area contributed by atoms with Crippen LogP contribution in [0, 0.1) is 0 Å². The summed E-state index contributed by atoms with van der Waals surface area (Å²) in [5, 5.41) is 0.771. The van der Waals surface area contributed by atoms with Crippen LogP contribution >= 0.6 is 11.8 Å². The van der Waals surface area contributed by atoms with E-state index in [1.54, 1.807) is 0 Å². The Kier molecular flexibility index (Phi) is 2.86. The van der Waals surface area contributed by atoms with E-state index in [1.807, 2.05) is 24.2 Å². The zero-order valence-electron chi connectivity index (χ0n) is 7.81. The first-order valence-corrected chi connectivity index (χ1v) is 5.48. The lowest BCUT2D eigenvalue weighted by atomic mass is 10.4. The van der Waals surface area contributed by atoms with Gasteiger partial charge in [0.1, 0.15) is 0 Å². The second-order valence-electron chi connectivity index (χ2n) is 3.47. The van der Waals surface area contributed by atoms with Gasteiger partial charge in [-0.1, -0.05) is 0 Å². The van der Waals surface area contributed by atoms with Crippen LogP contribution in [-0.4, -0.2) is 35.3 Å². The predicted molar refractivity (Wildman–Crippen MR) is 56.0 cm³/mol. The van der Waals surface area contributed by atoms with Crippen molar-refractivity contribution in [2.75, 3.05) is 20.1 Å². The fraction of sp³-hybridized carbons (Fsp3) is 0.500. The first-order valence-electron chi connectivity index (χ1n) is 4.60. The van der Waals surface area contributed by atoms with Crippen LogP contribution < -0.4 is 0 Å². The largest absolute Gasteiger partial charge is 0.305 e. The average Bonchev–Trinajstić information content (AvgIpc) is 2.53. The molecule has 1 aliphatic heterocycles. The quantitative estimate of drug-likeness (QED) is 0.715. The fourth-order valence-electron chi connectivity index (χ4n) is 1.60. The van der Waals surface area contributed by atoms with Gasteiger partial charge >= 0.3 is 0 Å². The van der Waals surface area contributed by atoms with Crippen molar-refractivity contribution in [1.29, 1.82) is 0 Å². The molecule has 0 radical (unpaired) electrons.